The predicted molar refractivity (Wildman–Crippen MR) is 31.5 cm³/mol. The van der Waals surface area contributed by atoms with Crippen LogP contribution in [-0.4, -0.2) is 9.78 Å². The van der Waals surface area contributed by atoms with Crippen LogP contribution in [0.25, 0.3) is 0 Å². The second-order valence-corrected chi connectivity index (χ2v) is 1.95. The summed E-state index contributed by atoms with van der Waals surface area (Å²) in [4.78, 5) is 0. The molecule has 8 heavy (non-hydrogen) atoms. The van der Waals surface area contributed by atoms with Crippen molar-refractivity contribution in [2.75, 3.05) is 0 Å². The largest absolute Gasteiger partial charge is 0.266 e. The number of aromatic nitrogens is 2. The Morgan fingerprint density at radius 1 is 1.50 bits per heavy atom. The van der Waals surface area contributed by atoms with Crippen LogP contribution >= 0.6 is 0 Å². The zero-order valence-electron chi connectivity index (χ0n) is 5.39. The summed E-state index contributed by atoms with van der Waals surface area (Å²) in [6.45, 7) is 3.98. The first kappa shape index (κ1) is 5.35. The molecule has 1 heterocycles. The van der Waals surface area contributed by atoms with Gasteiger partial charge in [-0.2, -0.15) is 5.10 Å². The molecule has 0 bridgehead atoms. The summed E-state index contributed by atoms with van der Waals surface area (Å²) < 4.78 is 1.70. The fourth-order valence-electron chi connectivity index (χ4n) is 0.649. The van der Waals surface area contributed by atoms with Crippen LogP contribution < -0.4 is 0 Å². The molecule has 0 amide bonds. The van der Waals surface area contributed by atoms with Crippen LogP contribution in [0.2, 0.25) is 0 Å². The first-order valence-electron chi connectivity index (χ1n) is 2.59. The molecule has 1 aromatic heterocycles. The zero-order chi connectivity index (χ0) is 6.15. The molecule has 0 atom stereocenters. The molecule has 2 nitrogen and oxygen atoms in total. The molecule has 0 saturated heterocycles. The molecule has 0 N–H and O–H groups in total. The highest BCUT2D eigenvalue weighted by Crippen LogP contribution is 1.98. The van der Waals surface area contributed by atoms with Gasteiger partial charge >= 0.3 is 0 Å². The minimum Gasteiger partial charge on any atom is -0.266 e. The SMILES string of the molecule is Cc1[c]n(C)nc1C. The average Bonchev–Trinajstić information content (AvgIpc) is 1.85. The summed E-state index contributed by atoms with van der Waals surface area (Å²) in [5, 5.41) is 4.07. The Kier molecular flexibility index (Phi) is 1.08. The normalized spacial score (nSPS) is 9.88. The first-order valence-corrected chi connectivity index (χ1v) is 2.59. The lowest BCUT2D eigenvalue weighted by Crippen LogP contribution is -1.86. The molecule has 1 rings (SSSR count). The van der Waals surface area contributed by atoms with E-state index in [2.05, 4.69) is 11.3 Å². The number of nitrogens with zero attached hydrogens (tertiary/aromatic N) is 2. The third kappa shape index (κ3) is 0.735. The van der Waals surface area contributed by atoms with Crippen LogP contribution in [0.4, 0.5) is 0 Å². The van der Waals surface area contributed by atoms with E-state index in [1.165, 1.54) is 0 Å². The van der Waals surface area contributed by atoms with Crippen molar-refractivity contribution in [3.05, 3.63) is 17.5 Å². The second-order valence-electron chi connectivity index (χ2n) is 1.95. The molecule has 0 unspecified atom stereocenters. The highest BCUT2D eigenvalue weighted by atomic mass is 15.2. The molecule has 0 aliphatic carbocycles. The molecule has 0 spiro atoms. The van der Waals surface area contributed by atoms with Gasteiger partial charge in [0.2, 0.25) is 0 Å². The maximum absolute atomic E-state index is 4.07. The quantitative estimate of drug-likeness (QED) is 0.482. The van der Waals surface area contributed by atoms with Crippen LogP contribution in [-0.2, 0) is 7.05 Å². The lowest BCUT2D eigenvalue weighted by Gasteiger charge is -1.79. The van der Waals surface area contributed by atoms with Crippen molar-refractivity contribution >= 4 is 0 Å². The van der Waals surface area contributed by atoms with Gasteiger partial charge in [-0.1, -0.05) is 0 Å². The van der Waals surface area contributed by atoms with E-state index in [1.807, 2.05) is 20.9 Å². The topological polar surface area (TPSA) is 17.8 Å². The maximum Gasteiger partial charge on any atom is 0.0894 e. The van der Waals surface area contributed by atoms with Gasteiger partial charge in [-0.25, -0.2) is 0 Å². The van der Waals surface area contributed by atoms with Gasteiger partial charge < -0.3 is 0 Å². The Morgan fingerprint density at radius 3 is 2.25 bits per heavy atom. The Balaban J connectivity index is 3.14. The third-order valence-corrected chi connectivity index (χ3v) is 1.17. The van der Waals surface area contributed by atoms with Crippen LogP contribution in [0.1, 0.15) is 11.3 Å². The summed E-state index contributed by atoms with van der Waals surface area (Å²) in [7, 11) is 1.88. The summed E-state index contributed by atoms with van der Waals surface area (Å²) in [6.07, 6.45) is 3.01. The van der Waals surface area contributed by atoms with Crippen molar-refractivity contribution in [1.29, 1.82) is 0 Å². The van der Waals surface area contributed by atoms with E-state index in [-0.39, 0.29) is 0 Å². The summed E-state index contributed by atoms with van der Waals surface area (Å²) in [5.41, 5.74) is 2.19. The molecule has 0 aliphatic rings. The Bertz CT molecular complexity index is 169. The predicted octanol–water partition coefficient (Wildman–Crippen LogP) is 0.837. The molecule has 43 valence electrons. The van der Waals surface area contributed by atoms with Crippen LogP contribution in [0.5, 0.6) is 0 Å². The van der Waals surface area contributed by atoms with E-state index in [1.54, 1.807) is 4.68 Å². The van der Waals surface area contributed by atoms with Crippen molar-refractivity contribution in [2.24, 2.45) is 7.05 Å². The minimum absolute atomic E-state index is 1.06. The van der Waals surface area contributed by atoms with E-state index < -0.39 is 0 Å². The summed E-state index contributed by atoms with van der Waals surface area (Å²) >= 11 is 0. The van der Waals surface area contributed by atoms with E-state index in [4.69, 9.17) is 0 Å². The van der Waals surface area contributed by atoms with E-state index in [0.29, 0.717) is 0 Å². The fraction of sp³-hybridized carbons (Fsp3) is 0.500. The van der Waals surface area contributed by atoms with Gasteiger partial charge in [-0.15, -0.1) is 0 Å². The van der Waals surface area contributed by atoms with Crippen molar-refractivity contribution in [3.63, 3.8) is 0 Å². The average molecular weight is 109 g/mol. The van der Waals surface area contributed by atoms with Gasteiger partial charge in [-0.05, 0) is 19.4 Å². The zero-order valence-corrected chi connectivity index (χ0v) is 5.39. The number of rotatable bonds is 0. The van der Waals surface area contributed by atoms with Gasteiger partial charge in [0, 0.05) is 7.05 Å². The molecule has 0 aromatic carbocycles. The standard InChI is InChI=1S/C6H9N2/c1-5-4-8(3)7-6(5)2/h1-3H3. The summed E-state index contributed by atoms with van der Waals surface area (Å²) in [5.74, 6) is 0. The minimum atomic E-state index is 1.06. The van der Waals surface area contributed by atoms with Crippen LogP contribution in [0.15, 0.2) is 0 Å². The first-order chi connectivity index (χ1) is 3.70. The number of aryl methyl sites for hydroxylation is 3. The van der Waals surface area contributed by atoms with Crippen LogP contribution in [0, 0.1) is 20.0 Å². The second kappa shape index (κ2) is 1.62. The summed E-state index contributed by atoms with van der Waals surface area (Å²) in [6, 6.07) is 0. The third-order valence-electron chi connectivity index (χ3n) is 1.17. The fourth-order valence-corrected chi connectivity index (χ4v) is 0.649. The Morgan fingerprint density at radius 2 is 2.12 bits per heavy atom. The number of hydrogen-bond acceptors (Lipinski definition) is 1. The Hall–Kier alpha value is -0.790. The van der Waals surface area contributed by atoms with E-state index in [9.17, 15) is 0 Å². The molecular formula is C6H9N2. The number of hydrogen-bond donors (Lipinski definition) is 0. The van der Waals surface area contributed by atoms with E-state index >= 15 is 0 Å². The van der Waals surface area contributed by atoms with Crippen LogP contribution in [0.3, 0.4) is 0 Å². The van der Waals surface area contributed by atoms with Gasteiger partial charge in [-0.3, -0.25) is 4.68 Å². The van der Waals surface area contributed by atoms with Crippen molar-refractivity contribution < 1.29 is 0 Å². The van der Waals surface area contributed by atoms with Gasteiger partial charge in [0.05, 0.1) is 11.9 Å². The lowest BCUT2D eigenvalue weighted by atomic mass is 10.3. The van der Waals surface area contributed by atoms with Gasteiger partial charge in [0.1, 0.15) is 0 Å². The Labute approximate surface area is 49.1 Å². The molecular weight excluding hydrogens is 100 g/mol. The van der Waals surface area contributed by atoms with Gasteiger partial charge in [0.25, 0.3) is 0 Å². The highest BCUT2D eigenvalue weighted by molar-refractivity contribution is 5.10. The van der Waals surface area contributed by atoms with E-state index in [0.717, 1.165) is 11.3 Å². The molecule has 0 fully saturated rings. The molecule has 0 aliphatic heterocycles. The lowest BCUT2D eigenvalue weighted by molar-refractivity contribution is 0.751. The molecule has 1 radical (unpaired) electrons. The van der Waals surface area contributed by atoms with Crippen molar-refractivity contribution in [2.45, 2.75) is 13.8 Å². The maximum atomic E-state index is 4.07. The molecule has 1 aromatic rings. The highest BCUT2D eigenvalue weighted by Gasteiger charge is 1.93. The van der Waals surface area contributed by atoms with Gasteiger partial charge in [0.15, 0.2) is 0 Å². The monoisotopic (exact) mass is 109 g/mol. The van der Waals surface area contributed by atoms with Crippen molar-refractivity contribution in [1.82, 2.24) is 9.78 Å². The molecule has 2 heteroatoms. The molecule has 0 saturated carbocycles. The smallest absolute Gasteiger partial charge is 0.0894 e. The van der Waals surface area contributed by atoms with Crippen molar-refractivity contribution in [3.8, 4) is 0 Å².